The van der Waals surface area contributed by atoms with Gasteiger partial charge in [0.05, 0.1) is 18.5 Å². The van der Waals surface area contributed by atoms with Crippen molar-refractivity contribution in [1.29, 1.82) is 0 Å². The number of aromatic nitrogens is 3. The number of likely N-dealkylation sites (N-methyl/N-ethyl adjacent to an activating group) is 1. The molecule has 7 heteroatoms. The molecule has 0 aliphatic carbocycles. The quantitative estimate of drug-likeness (QED) is 0.710. The fraction of sp³-hybridized carbons (Fsp3) is 0.267. The van der Waals surface area contributed by atoms with Crippen molar-refractivity contribution in [3.63, 3.8) is 0 Å². The summed E-state index contributed by atoms with van der Waals surface area (Å²) in [6.45, 7) is 1.08. The largest absolute Gasteiger partial charge is 0.406 e. The van der Waals surface area contributed by atoms with Crippen molar-refractivity contribution in [2.24, 2.45) is 0 Å². The van der Waals surface area contributed by atoms with Crippen LogP contribution in [0.4, 0.5) is 6.01 Å². The van der Waals surface area contributed by atoms with Gasteiger partial charge in [0, 0.05) is 20.7 Å². The maximum atomic E-state index is 12.1. The van der Waals surface area contributed by atoms with Gasteiger partial charge < -0.3 is 14.1 Å². The number of rotatable bonds is 5. The Morgan fingerprint density at radius 1 is 1.32 bits per heavy atom. The molecule has 2 aromatic heterocycles. The number of anilines is 1. The molecule has 1 aromatic carbocycles. The molecule has 0 aliphatic rings. The second kappa shape index (κ2) is 5.98. The lowest BCUT2D eigenvalue weighted by Crippen LogP contribution is -2.25. The van der Waals surface area contributed by atoms with E-state index in [4.69, 9.17) is 9.15 Å². The molecule has 0 aliphatic heterocycles. The number of nitrogens with zero attached hydrogens (tertiary/aromatic N) is 4. The highest BCUT2D eigenvalue weighted by Crippen LogP contribution is 2.19. The number of hydrogen-bond donors (Lipinski definition) is 0. The minimum atomic E-state index is -0.359. The summed E-state index contributed by atoms with van der Waals surface area (Å²) in [7, 11) is 3.41. The molecule has 0 bridgehead atoms. The minimum absolute atomic E-state index is 0.243. The number of benzene rings is 1. The van der Waals surface area contributed by atoms with Crippen molar-refractivity contribution in [1.82, 2.24) is 14.8 Å². The lowest BCUT2D eigenvalue weighted by Gasteiger charge is -2.15. The lowest BCUT2D eigenvalue weighted by atomic mass is 10.3. The van der Waals surface area contributed by atoms with Gasteiger partial charge in [-0.25, -0.2) is 0 Å². The fourth-order valence-electron chi connectivity index (χ4n) is 2.08. The smallest absolute Gasteiger partial charge is 0.302 e. The molecular formula is C15H16N4O3. The van der Waals surface area contributed by atoms with Gasteiger partial charge in [-0.2, -0.15) is 14.8 Å². The molecular weight excluding hydrogens is 284 g/mol. The molecule has 3 aromatic rings. The first-order valence-corrected chi connectivity index (χ1v) is 6.85. The van der Waals surface area contributed by atoms with Crippen LogP contribution in [0.2, 0.25) is 0 Å². The first kappa shape index (κ1) is 14.3. The predicted molar refractivity (Wildman–Crippen MR) is 82.5 cm³/mol. The zero-order chi connectivity index (χ0) is 15.5. The molecule has 0 spiro atoms. The third-order valence-electron chi connectivity index (χ3n) is 3.30. The van der Waals surface area contributed by atoms with Gasteiger partial charge in [0.15, 0.2) is 0 Å². The van der Waals surface area contributed by atoms with Crippen molar-refractivity contribution >= 4 is 17.1 Å². The second-order valence-electron chi connectivity index (χ2n) is 4.83. The Bertz CT molecular complexity index is 826. The van der Waals surface area contributed by atoms with Gasteiger partial charge in [-0.15, -0.1) is 0 Å². The maximum absolute atomic E-state index is 12.1. The monoisotopic (exact) mass is 300 g/mol. The van der Waals surface area contributed by atoms with Crippen LogP contribution in [0.5, 0.6) is 0 Å². The van der Waals surface area contributed by atoms with E-state index in [1.165, 1.54) is 6.20 Å². The van der Waals surface area contributed by atoms with Crippen LogP contribution in [0, 0.1) is 0 Å². The maximum Gasteiger partial charge on any atom is 0.302 e. The Hall–Kier alpha value is -2.67. The molecule has 0 unspecified atom stereocenters. The van der Waals surface area contributed by atoms with E-state index in [1.54, 1.807) is 23.7 Å². The highest BCUT2D eigenvalue weighted by molar-refractivity contribution is 5.73. The van der Waals surface area contributed by atoms with E-state index in [-0.39, 0.29) is 11.6 Å². The number of para-hydroxylation sites is 1. The standard InChI is InChI=1S/C15H16N4O3/c1-18(8-9-21-2)15-17-13(20)12-10-16-19(14(12)22-15)11-6-4-3-5-7-11/h3-7,10H,8-9H2,1-2H3. The van der Waals surface area contributed by atoms with Crippen LogP contribution in [0.3, 0.4) is 0 Å². The van der Waals surface area contributed by atoms with Gasteiger partial charge in [-0.3, -0.25) is 4.79 Å². The van der Waals surface area contributed by atoms with E-state index < -0.39 is 0 Å². The zero-order valence-corrected chi connectivity index (χ0v) is 12.4. The molecule has 3 rings (SSSR count). The Labute approximate surface area is 126 Å². The molecule has 0 radical (unpaired) electrons. The molecule has 0 saturated heterocycles. The van der Waals surface area contributed by atoms with E-state index >= 15 is 0 Å². The number of fused-ring (bicyclic) bond motifs is 1. The summed E-state index contributed by atoms with van der Waals surface area (Å²) in [5, 5.41) is 4.58. The third kappa shape index (κ3) is 2.58. The Kier molecular flexibility index (Phi) is 3.88. The zero-order valence-electron chi connectivity index (χ0n) is 12.4. The van der Waals surface area contributed by atoms with Gasteiger partial charge >= 0.3 is 6.01 Å². The number of methoxy groups -OCH3 is 1. The van der Waals surface area contributed by atoms with Crippen LogP contribution >= 0.6 is 0 Å². The number of ether oxygens (including phenoxy) is 1. The summed E-state index contributed by atoms with van der Waals surface area (Å²) in [5.74, 6) is 0. The Morgan fingerprint density at radius 3 is 2.82 bits per heavy atom. The predicted octanol–water partition coefficient (Wildman–Crippen LogP) is 1.46. The summed E-state index contributed by atoms with van der Waals surface area (Å²) in [5.41, 5.74) is 0.838. The van der Waals surface area contributed by atoms with Crippen LogP contribution in [0.15, 0.2) is 45.7 Å². The molecule has 0 saturated carbocycles. The highest BCUT2D eigenvalue weighted by Gasteiger charge is 2.15. The van der Waals surface area contributed by atoms with Crippen LogP contribution in [-0.2, 0) is 4.74 Å². The van der Waals surface area contributed by atoms with Gasteiger partial charge in [-0.1, -0.05) is 18.2 Å². The Balaban J connectivity index is 2.10. The van der Waals surface area contributed by atoms with Crippen LogP contribution < -0.4 is 10.5 Å². The highest BCUT2D eigenvalue weighted by atomic mass is 16.5. The van der Waals surface area contributed by atoms with Crippen LogP contribution in [0.25, 0.3) is 16.8 Å². The molecule has 0 N–H and O–H groups in total. The summed E-state index contributed by atoms with van der Waals surface area (Å²) in [6, 6.07) is 9.73. The van der Waals surface area contributed by atoms with Gasteiger partial charge in [0.1, 0.15) is 5.39 Å². The van der Waals surface area contributed by atoms with E-state index in [1.807, 2.05) is 30.3 Å². The summed E-state index contributed by atoms with van der Waals surface area (Å²) >= 11 is 0. The molecule has 0 atom stereocenters. The third-order valence-corrected chi connectivity index (χ3v) is 3.30. The van der Waals surface area contributed by atoms with Crippen molar-refractivity contribution in [3.8, 4) is 5.69 Å². The van der Waals surface area contributed by atoms with Gasteiger partial charge in [-0.05, 0) is 12.1 Å². The lowest BCUT2D eigenvalue weighted by molar-refractivity contribution is 0.205. The van der Waals surface area contributed by atoms with E-state index in [9.17, 15) is 4.79 Å². The van der Waals surface area contributed by atoms with Crippen molar-refractivity contribution in [3.05, 3.63) is 46.9 Å². The summed E-state index contributed by atoms with van der Waals surface area (Å²) < 4.78 is 12.4. The van der Waals surface area contributed by atoms with Crippen LogP contribution in [-0.4, -0.2) is 42.1 Å². The minimum Gasteiger partial charge on any atom is -0.406 e. The van der Waals surface area contributed by atoms with Gasteiger partial charge in [0.25, 0.3) is 5.56 Å². The summed E-state index contributed by atoms with van der Waals surface area (Å²) in [4.78, 5) is 17.8. The van der Waals surface area contributed by atoms with E-state index in [0.29, 0.717) is 24.3 Å². The first-order valence-electron chi connectivity index (χ1n) is 6.85. The van der Waals surface area contributed by atoms with Crippen molar-refractivity contribution in [2.75, 3.05) is 32.2 Å². The van der Waals surface area contributed by atoms with Crippen molar-refractivity contribution < 1.29 is 9.15 Å². The van der Waals surface area contributed by atoms with E-state index in [2.05, 4.69) is 10.1 Å². The topological polar surface area (TPSA) is 73.4 Å². The Morgan fingerprint density at radius 2 is 2.09 bits per heavy atom. The second-order valence-corrected chi connectivity index (χ2v) is 4.83. The first-order chi connectivity index (χ1) is 10.7. The molecule has 114 valence electrons. The molecule has 0 amide bonds. The molecule has 2 heterocycles. The van der Waals surface area contributed by atoms with E-state index in [0.717, 1.165) is 5.69 Å². The molecule has 7 nitrogen and oxygen atoms in total. The average Bonchev–Trinajstić information content (AvgIpc) is 2.98. The van der Waals surface area contributed by atoms with Crippen molar-refractivity contribution in [2.45, 2.75) is 0 Å². The van der Waals surface area contributed by atoms with Crippen LogP contribution in [0.1, 0.15) is 0 Å². The van der Waals surface area contributed by atoms with Gasteiger partial charge in [0.2, 0.25) is 5.71 Å². The molecule has 22 heavy (non-hydrogen) atoms. The number of hydrogen-bond acceptors (Lipinski definition) is 6. The SMILES string of the molecule is COCCN(C)c1nc(=O)c2cnn(-c3ccccc3)c2o1. The normalized spacial score (nSPS) is 11.0. The fourth-order valence-corrected chi connectivity index (χ4v) is 2.08. The molecule has 0 fully saturated rings. The average molecular weight is 300 g/mol. The summed E-state index contributed by atoms with van der Waals surface area (Å²) in [6.07, 6.45) is 1.47.